The highest BCUT2D eigenvalue weighted by Crippen LogP contribution is 2.27. The minimum atomic E-state index is -0.568. The van der Waals surface area contributed by atoms with Gasteiger partial charge in [0.1, 0.15) is 18.3 Å². The molecule has 0 aromatic rings. The lowest BCUT2D eigenvalue weighted by Gasteiger charge is -2.23. The van der Waals surface area contributed by atoms with Crippen LogP contribution in [0.25, 0.3) is 0 Å². The molecule has 2 saturated heterocycles. The van der Waals surface area contributed by atoms with Gasteiger partial charge < -0.3 is 19.9 Å². The fraction of sp³-hybridized carbons (Fsp3) is 0.909. The highest BCUT2D eigenvalue weighted by Gasteiger charge is 2.48. The van der Waals surface area contributed by atoms with E-state index < -0.39 is 11.5 Å². The lowest BCUT2D eigenvalue weighted by molar-refractivity contribution is -0.130. The summed E-state index contributed by atoms with van der Waals surface area (Å²) in [5, 5.41) is 12.5. The number of aliphatic hydroxyl groups excluding tert-OH is 1. The van der Waals surface area contributed by atoms with Crippen molar-refractivity contribution in [1.82, 2.24) is 5.32 Å². The number of amides is 1. The first-order valence-electron chi connectivity index (χ1n) is 5.62. The van der Waals surface area contributed by atoms with Gasteiger partial charge in [0.15, 0.2) is 0 Å². The smallest absolute Gasteiger partial charge is 0.225 e. The summed E-state index contributed by atoms with van der Waals surface area (Å²) >= 11 is 0. The maximum atomic E-state index is 11.8. The van der Waals surface area contributed by atoms with Gasteiger partial charge in [0.05, 0.1) is 19.3 Å². The summed E-state index contributed by atoms with van der Waals surface area (Å²) in [4.78, 5) is 11.8. The number of hydrogen-bond acceptors (Lipinski definition) is 4. The van der Waals surface area contributed by atoms with Gasteiger partial charge in [-0.2, -0.15) is 0 Å². The summed E-state index contributed by atoms with van der Waals surface area (Å²) in [6, 6.07) is -0.145. The molecule has 0 aromatic heterocycles. The third kappa shape index (κ3) is 2.07. The summed E-state index contributed by atoms with van der Waals surface area (Å²) in [7, 11) is 0. The number of fused-ring (bicyclic) bond motifs is 1. The van der Waals surface area contributed by atoms with Gasteiger partial charge in [0.25, 0.3) is 0 Å². The van der Waals surface area contributed by atoms with Crippen LogP contribution in [0.5, 0.6) is 0 Å². The monoisotopic (exact) mass is 229 g/mol. The molecule has 2 rings (SSSR count). The number of rotatable bonds is 1. The lowest BCUT2D eigenvalue weighted by atomic mass is 9.95. The highest BCUT2D eigenvalue weighted by atomic mass is 16.6. The first kappa shape index (κ1) is 11.8. The number of ether oxygens (including phenoxy) is 2. The summed E-state index contributed by atoms with van der Waals surface area (Å²) in [6.45, 7) is 6.28. The summed E-state index contributed by atoms with van der Waals surface area (Å²) in [5.74, 6) is -0.0215. The van der Waals surface area contributed by atoms with Crippen LogP contribution < -0.4 is 5.32 Å². The van der Waals surface area contributed by atoms with Crippen molar-refractivity contribution in [2.45, 2.75) is 45.1 Å². The fourth-order valence-corrected chi connectivity index (χ4v) is 1.99. The van der Waals surface area contributed by atoms with Gasteiger partial charge in [-0.1, -0.05) is 20.8 Å². The third-order valence-electron chi connectivity index (χ3n) is 3.02. The molecule has 0 bridgehead atoms. The van der Waals surface area contributed by atoms with E-state index in [0.29, 0.717) is 6.61 Å². The molecule has 0 aromatic carbocycles. The van der Waals surface area contributed by atoms with E-state index in [1.807, 2.05) is 20.8 Å². The molecule has 16 heavy (non-hydrogen) atoms. The standard InChI is InChI=1S/C11H19NO4/c1-11(2,3)10(14)12-6-4-15-9-7(13)5-16-8(6)9/h6-9,13H,4-5H2,1-3H3,(H,12,14)/t6-,7+,8+,9+/m0/s1. The first-order valence-corrected chi connectivity index (χ1v) is 5.62. The van der Waals surface area contributed by atoms with Crippen LogP contribution in [-0.4, -0.2) is 48.6 Å². The Bertz CT molecular complexity index is 286. The molecule has 4 atom stereocenters. The second-order valence-corrected chi connectivity index (χ2v) is 5.49. The molecule has 1 amide bonds. The van der Waals surface area contributed by atoms with Gasteiger partial charge in [0.2, 0.25) is 5.91 Å². The van der Waals surface area contributed by atoms with Crippen molar-refractivity contribution in [1.29, 1.82) is 0 Å². The van der Waals surface area contributed by atoms with E-state index in [2.05, 4.69) is 5.32 Å². The third-order valence-corrected chi connectivity index (χ3v) is 3.02. The second-order valence-electron chi connectivity index (χ2n) is 5.49. The first-order chi connectivity index (χ1) is 7.39. The molecule has 0 unspecified atom stereocenters. The molecular formula is C11H19NO4. The summed E-state index contributed by atoms with van der Waals surface area (Å²) < 4.78 is 10.9. The molecule has 0 spiro atoms. The largest absolute Gasteiger partial charge is 0.388 e. The maximum Gasteiger partial charge on any atom is 0.225 e. The molecule has 2 fully saturated rings. The van der Waals surface area contributed by atoms with Crippen LogP contribution in [0.4, 0.5) is 0 Å². The van der Waals surface area contributed by atoms with Crippen molar-refractivity contribution in [3.05, 3.63) is 0 Å². The Labute approximate surface area is 95.1 Å². The SMILES string of the molecule is CC(C)(C)C(=O)N[C@H]1CO[C@H]2[C@@H]1OC[C@H]2O. The highest BCUT2D eigenvalue weighted by molar-refractivity contribution is 5.81. The van der Waals surface area contributed by atoms with E-state index in [-0.39, 0.29) is 30.8 Å². The van der Waals surface area contributed by atoms with E-state index in [1.165, 1.54) is 0 Å². The van der Waals surface area contributed by atoms with Gasteiger partial charge in [-0.3, -0.25) is 4.79 Å². The van der Waals surface area contributed by atoms with E-state index >= 15 is 0 Å². The Morgan fingerprint density at radius 3 is 2.50 bits per heavy atom. The van der Waals surface area contributed by atoms with Crippen molar-refractivity contribution in [2.24, 2.45) is 5.41 Å². The van der Waals surface area contributed by atoms with Crippen molar-refractivity contribution >= 4 is 5.91 Å². The average Bonchev–Trinajstić information content (AvgIpc) is 2.70. The lowest BCUT2D eigenvalue weighted by Crippen LogP contribution is -2.48. The normalized spacial score (nSPS) is 38.5. The fourth-order valence-electron chi connectivity index (χ4n) is 1.99. The zero-order valence-electron chi connectivity index (χ0n) is 9.90. The van der Waals surface area contributed by atoms with Crippen molar-refractivity contribution in [2.75, 3.05) is 13.2 Å². The minimum Gasteiger partial charge on any atom is -0.388 e. The average molecular weight is 229 g/mol. The van der Waals surface area contributed by atoms with Crippen LogP contribution in [0.15, 0.2) is 0 Å². The molecule has 5 nitrogen and oxygen atoms in total. The van der Waals surface area contributed by atoms with Crippen LogP contribution in [-0.2, 0) is 14.3 Å². The van der Waals surface area contributed by atoms with Crippen molar-refractivity contribution in [3.8, 4) is 0 Å². The second kappa shape index (κ2) is 3.98. The molecule has 5 heteroatoms. The van der Waals surface area contributed by atoms with Crippen LogP contribution >= 0.6 is 0 Å². The number of aliphatic hydroxyl groups is 1. The summed E-state index contributed by atoms with van der Waals surface area (Å²) in [5.41, 5.74) is -0.421. The van der Waals surface area contributed by atoms with E-state index in [1.54, 1.807) is 0 Å². The Hall–Kier alpha value is -0.650. The molecule has 2 heterocycles. The molecule has 92 valence electrons. The predicted molar refractivity (Wildman–Crippen MR) is 56.9 cm³/mol. The minimum absolute atomic E-state index is 0.0215. The van der Waals surface area contributed by atoms with Gasteiger partial charge in [-0.25, -0.2) is 0 Å². The Morgan fingerprint density at radius 1 is 1.25 bits per heavy atom. The molecular weight excluding hydrogens is 210 g/mol. The quantitative estimate of drug-likeness (QED) is 0.646. The van der Waals surface area contributed by atoms with Crippen molar-refractivity contribution < 1.29 is 19.4 Å². The van der Waals surface area contributed by atoms with E-state index in [4.69, 9.17) is 9.47 Å². The Morgan fingerprint density at radius 2 is 1.88 bits per heavy atom. The van der Waals surface area contributed by atoms with Crippen LogP contribution in [0.3, 0.4) is 0 Å². The zero-order chi connectivity index (χ0) is 11.9. The van der Waals surface area contributed by atoms with E-state index in [0.717, 1.165) is 0 Å². The van der Waals surface area contributed by atoms with Gasteiger partial charge in [0, 0.05) is 5.41 Å². The molecule has 0 aliphatic carbocycles. The topological polar surface area (TPSA) is 67.8 Å². The summed E-state index contributed by atoms with van der Waals surface area (Å²) in [6.07, 6.45) is -1.06. The Kier molecular flexibility index (Phi) is 2.94. The molecule has 2 N–H and O–H groups in total. The molecule has 2 aliphatic heterocycles. The van der Waals surface area contributed by atoms with Gasteiger partial charge in [-0.15, -0.1) is 0 Å². The van der Waals surface area contributed by atoms with Crippen LogP contribution in [0.1, 0.15) is 20.8 Å². The number of nitrogens with one attached hydrogen (secondary N) is 1. The number of carbonyl (C=O) groups is 1. The molecule has 0 radical (unpaired) electrons. The van der Waals surface area contributed by atoms with Crippen LogP contribution in [0.2, 0.25) is 0 Å². The van der Waals surface area contributed by atoms with Crippen LogP contribution in [0, 0.1) is 5.41 Å². The van der Waals surface area contributed by atoms with Gasteiger partial charge >= 0.3 is 0 Å². The Balaban J connectivity index is 1.95. The number of hydrogen-bond donors (Lipinski definition) is 2. The van der Waals surface area contributed by atoms with Gasteiger partial charge in [-0.05, 0) is 0 Å². The van der Waals surface area contributed by atoms with Crippen molar-refractivity contribution in [3.63, 3.8) is 0 Å². The maximum absolute atomic E-state index is 11.8. The molecule has 0 saturated carbocycles. The zero-order valence-corrected chi connectivity index (χ0v) is 9.90. The molecule has 2 aliphatic rings. The van der Waals surface area contributed by atoms with E-state index in [9.17, 15) is 9.90 Å². The number of carbonyl (C=O) groups excluding carboxylic acids is 1. The predicted octanol–water partition coefficient (Wildman–Crippen LogP) is -0.324.